The Morgan fingerprint density at radius 3 is 2.83 bits per heavy atom. The molecule has 0 aromatic carbocycles. The van der Waals surface area contributed by atoms with Gasteiger partial charge >= 0.3 is 5.97 Å². The lowest BCUT2D eigenvalue weighted by Crippen LogP contribution is -2.05. The summed E-state index contributed by atoms with van der Waals surface area (Å²) in [5.41, 5.74) is 2.99. The SMILES string of the molecule is CCCOC(=O)C(C)=C=CCO. The van der Waals surface area contributed by atoms with Crippen LogP contribution in [-0.2, 0) is 9.53 Å². The third-order valence-electron chi connectivity index (χ3n) is 1.15. The van der Waals surface area contributed by atoms with E-state index in [9.17, 15) is 4.79 Å². The minimum absolute atomic E-state index is 0.113. The highest BCUT2D eigenvalue weighted by atomic mass is 16.5. The Labute approximate surface area is 72.3 Å². The van der Waals surface area contributed by atoms with Crippen molar-refractivity contribution >= 4 is 5.97 Å². The number of hydrogen-bond acceptors (Lipinski definition) is 3. The summed E-state index contributed by atoms with van der Waals surface area (Å²) in [5.74, 6) is -0.374. The summed E-state index contributed by atoms with van der Waals surface area (Å²) in [6, 6.07) is 0. The zero-order valence-corrected chi connectivity index (χ0v) is 7.46. The van der Waals surface area contributed by atoms with E-state index in [1.807, 2.05) is 6.92 Å². The van der Waals surface area contributed by atoms with E-state index in [4.69, 9.17) is 9.84 Å². The highest BCUT2D eigenvalue weighted by Crippen LogP contribution is 1.94. The normalized spacial score (nSPS) is 8.58. The summed E-state index contributed by atoms with van der Waals surface area (Å²) in [7, 11) is 0. The quantitative estimate of drug-likeness (QED) is 0.389. The molecule has 0 bridgehead atoms. The van der Waals surface area contributed by atoms with Gasteiger partial charge in [0.2, 0.25) is 0 Å². The molecule has 0 amide bonds. The fourth-order valence-electron chi connectivity index (χ4n) is 0.561. The lowest BCUT2D eigenvalue weighted by molar-refractivity contribution is -0.138. The standard InChI is InChI=1S/C9H14O3/c1-3-7-12-9(11)8(2)5-4-6-10/h4,10H,3,6-7H2,1-2H3. The predicted molar refractivity (Wildman–Crippen MR) is 45.6 cm³/mol. The molecule has 0 saturated carbocycles. The molecule has 0 fully saturated rings. The Morgan fingerprint density at radius 2 is 2.33 bits per heavy atom. The zero-order chi connectivity index (χ0) is 9.40. The van der Waals surface area contributed by atoms with Gasteiger partial charge in [-0.2, -0.15) is 0 Å². The van der Waals surface area contributed by atoms with Crippen molar-refractivity contribution in [2.45, 2.75) is 20.3 Å². The summed E-state index contributed by atoms with van der Waals surface area (Å²) in [6.07, 6.45) is 2.19. The van der Waals surface area contributed by atoms with Crippen molar-refractivity contribution in [3.63, 3.8) is 0 Å². The summed E-state index contributed by atoms with van der Waals surface area (Å²) in [6.45, 7) is 3.84. The molecule has 0 aromatic heterocycles. The van der Waals surface area contributed by atoms with Crippen molar-refractivity contribution in [1.29, 1.82) is 0 Å². The molecule has 12 heavy (non-hydrogen) atoms. The Hall–Kier alpha value is -1.05. The number of carbonyl (C=O) groups is 1. The first-order valence-electron chi connectivity index (χ1n) is 3.92. The molecule has 0 radical (unpaired) electrons. The Kier molecular flexibility index (Phi) is 6.07. The van der Waals surface area contributed by atoms with E-state index in [0.717, 1.165) is 6.42 Å². The molecule has 0 atom stereocenters. The largest absolute Gasteiger partial charge is 0.462 e. The van der Waals surface area contributed by atoms with Gasteiger partial charge in [0.1, 0.15) is 0 Å². The molecule has 0 aromatic rings. The second-order valence-corrected chi connectivity index (χ2v) is 2.29. The maximum Gasteiger partial charge on any atom is 0.341 e. The first-order chi connectivity index (χ1) is 5.72. The van der Waals surface area contributed by atoms with Crippen LogP contribution in [0.3, 0.4) is 0 Å². The molecule has 3 heteroatoms. The van der Waals surface area contributed by atoms with Crippen LogP contribution in [0.5, 0.6) is 0 Å². The number of hydrogen-bond donors (Lipinski definition) is 1. The maximum absolute atomic E-state index is 11.0. The summed E-state index contributed by atoms with van der Waals surface area (Å²) in [4.78, 5) is 11.0. The van der Waals surface area contributed by atoms with Crippen molar-refractivity contribution in [1.82, 2.24) is 0 Å². The number of ether oxygens (including phenoxy) is 1. The average molecular weight is 170 g/mol. The fraction of sp³-hybridized carbons (Fsp3) is 0.556. The third-order valence-corrected chi connectivity index (χ3v) is 1.15. The minimum atomic E-state index is -0.374. The van der Waals surface area contributed by atoms with E-state index < -0.39 is 0 Å². The zero-order valence-electron chi connectivity index (χ0n) is 7.46. The highest BCUT2D eigenvalue weighted by molar-refractivity contribution is 5.87. The predicted octanol–water partition coefficient (Wildman–Crippen LogP) is 1.03. The Morgan fingerprint density at radius 1 is 1.67 bits per heavy atom. The second kappa shape index (κ2) is 6.65. The molecule has 0 aliphatic rings. The summed E-state index contributed by atoms with van der Waals surface area (Å²) < 4.78 is 4.81. The van der Waals surface area contributed by atoms with Crippen molar-refractivity contribution in [2.75, 3.05) is 13.2 Å². The second-order valence-electron chi connectivity index (χ2n) is 2.29. The summed E-state index contributed by atoms with van der Waals surface area (Å²) >= 11 is 0. The molecular formula is C9H14O3. The smallest absolute Gasteiger partial charge is 0.341 e. The molecule has 0 aliphatic heterocycles. The monoisotopic (exact) mass is 170 g/mol. The van der Waals surface area contributed by atoms with Crippen LogP contribution in [0, 0.1) is 0 Å². The molecule has 0 heterocycles. The molecule has 0 unspecified atom stereocenters. The molecule has 68 valence electrons. The van der Waals surface area contributed by atoms with Gasteiger partial charge in [-0.15, -0.1) is 5.73 Å². The summed E-state index contributed by atoms with van der Waals surface area (Å²) in [5, 5.41) is 8.39. The lowest BCUT2D eigenvalue weighted by Gasteiger charge is -1.99. The van der Waals surface area contributed by atoms with Gasteiger partial charge < -0.3 is 9.84 Å². The first kappa shape index (κ1) is 11.0. The van der Waals surface area contributed by atoms with Crippen LogP contribution >= 0.6 is 0 Å². The van der Waals surface area contributed by atoms with Gasteiger partial charge in [0.15, 0.2) is 0 Å². The first-order valence-corrected chi connectivity index (χ1v) is 3.92. The molecule has 0 saturated heterocycles. The molecular weight excluding hydrogens is 156 g/mol. The maximum atomic E-state index is 11.0. The van der Waals surface area contributed by atoms with Gasteiger partial charge in [-0.3, -0.25) is 0 Å². The van der Waals surface area contributed by atoms with Crippen molar-refractivity contribution in [2.24, 2.45) is 0 Å². The molecule has 0 aliphatic carbocycles. The Bertz CT molecular complexity index is 200. The van der Waals surface area contributed by atoms with Gasteiger partial charge in [-0.05, 0) is 19.4 Å². The average Bonchev–Trinajstić information content (AvgIpc) is 2.10. The van der Waals surface area contributed by atoms with Crippen LogP contribution in [0.25, 0.3) is 0 Å². The number of carbonyl (C=O) groups excluding carboxylic acids is 1. The van der Waals surface area contributed by atoms with Crippen LogP contribution in [-0.4, -0.2) is 24.3 Å². The fourth-order valence-corrected chi connectivity index (χ4v) is 0.561. The van der Waals surface area contributed by atoms with Gasteiger partial charge in [0, 0.05) is 0 Å². The van der Waals surface area contributed by atoms with E-state index in [1.165, 1.54) is 6.08 Å². The minimum Gasteiger partial charge on any atom is -0.462 e. The molecule has 0 rings (SSSR count). The van der Waals surface area contributed by atoms with Crippen LogP contribution in [0.2, 0.25) is 0 Å². The van der Waals surface area contributed by atoms with Crippen LogP contribution in [0.4, 0.5) is 0 Å². The lowest BCUT2D eigenvalue weighted by atomic mass is 10.3. The van der Waals surface area contributed by atoms with Crippen molar-refractivity contribution in [3.8, 4) is 0 Å². The van der Waals surface area contributed by atoms with E-state index >= 15 is 0 Å². The number of aliphatic hydroxyl groups is 1. The van der Waals surface area contributed by atoms with Crippen molar-refractivity contribution < 1.29 is 14.6 Å². The van der Waals surface area contributed by atoms with Crippen LogP contribution < -0.4 is 0 Å². The van der Waals surface area contributed by atoms with Gasteiger partial charge in [-0.25, -0.2) is 4.79 Å². The van der Waals surface area contributed by atoms with E-state index in [2.05, 4.69) is 5.73 Å². The van der Waals surface area contributed by atoms with Gasteiger partial charge in [0.25, 0.3) is 0 Å². The number of rotatable bonds is 4. The molecule has 1 N–H and O–H groups in total. The third kappa shape index (κ3) is 4.72. The van der Waals surface area contributed by atoms with Gasteiger partial charge in [-0.1, -0.05) is 6.92 Å². The van der Waals surface area contributed by atoms with Gasteiger partial charge in [0.05, 0.1) is 18.8 Å². The van der Waals surface area contributed by atoms with Crippen LogP contribution in [0.1, 0.15) is 20.3 Å². The van der Waals surface area contributed by atoms with E-state index in [0.29, 0.717) is 12.2 Å². The molecule has 0 spiro atoms. The highest BCUT2D eigenvalue weighted by Gasteiger charge is 2.02. The van der Waals surface area contributed by atoms with E-state index in [-0.39, 0.29) is 12.6 Å². The van der Waals surface area contributed by atoms with E-state index in [1.54, 1.807) is 6.92 Å². The van der Waals surface area contributed by atoms with Crippen molar-refractivity contribution in [3.05, 3.63) is 17.4 Å². The number of aliphatic hydroxyl groups excluding tert-OH is 1. The van der Waals surface area contributed by atoms with Crippen LogP contribution in [0.15, 0.2) is 17.4 Å². The molecule has 3 nitrogen and oxygen atoms in total. The Balaban J connectivity index is 4.01. The number of esters is 1. The topological polar surface area (TPSA) is 46.5 Å².